The topological polar surface area (TPSA) is 26.0 Å². The fourth-order valence-electron chi connectivity index (χ4n) is 6.71. The van der Waals surface area contributed by atoms with E-state index in [2.05, 4.69) is 71.9 Å². The van der Waals surface area contributed by atoms with Crippen LogP contribution in [-0.4, -0.2) is 0 Å². The van der Waals surface area contributed by atoms with E-state index < -0.39 is 0 Å². The average molecular weight is 334 g/mol. The minimum atomic E-state index is -0.0503. The van der Waals surface area contributed by atoms with Crippen LogP contribution < -0.4 is 5.73 Å². The minimum absolute atomic E-state index is 0.0503. The second-order valence-corrected chi connectivity index (χ2v) is 8.79. The smallest absolute Gasteiger partial charge is 0.0331 e. The molecule has 0 saturated heterocycles. The summed E-state index contributed by atoms with van der Waals surface area (Å²) in [6.07, 6.45) is 15.1. The first kappa shape index (κ1) is 16.7. The first-order valence-electron chi connectivity index (χ1n) is 9.73. The standard InChI is InChI=1S/C24H31N/c1-7-16-12-15(4)21-18(9-3)23(6)14-24(21)13-22(16,5)17(8-2)19(24)10-11-20(23)25/h8-12H,7,13-14,25H2,1-6H3/b17-8?,18-9+. The van der Waals surface area contributed by atoms with Crippen molar-refractivity contribution in [2.24, 2.45) is 22.0 Å². The number of fused-ring (bicyclic) bond motifs is 2. The van der Waals surface area contributed by atoms with Crippen molar-refractivity contribution in [3.8, 4) is 0 Å². The summed E-state index contributed by atoms with van der Waals surface area (Å²) in [5, 5.41) is 0. The van der Waals surface area contributed by atoms with Crippen LogP contribution in [0.5, 0.6) is 0 Å². The number of hydrogen-bond acceptors (Lipinski definition) is 1. The molecule has 0 heterocycles. The van der Waals surface area contributed by atoms with Crippen molar-refractivity contribution < 1.29 is 0 Å². The summed E-state index contributed by atoms with van der Waals surface area (Å²) in [6, 6.07) is 0. The van der Waals surface area contributed by atoms with Gasteiger partial charge in [-0.05, 0) is 80.9 Å². The zero-order chi connectivity index (χ0) is 18.2. The maximum atomic E-state index is 6.62. The Bertz CT molecular complexity index is 857. The van der Waals surface area contributed by atoms with Gasteiger partial charge in [0.15, 0.2) is 0 Å². The van der Waals surface area contributed by atoms with Gasteiger partial charge in [0.2, 0.25) is 0 Å². The third-order valence-electron chi connectivity index (χ3n) is 7.57. The Labute approximate surface area is 152 Å². The number of rotatable bonds is 1. The van der Waals surface area contributed by atoms with Gasteiger partial charge in [0.25, 0.3) is 0 Å². The summed E-state index contributed by atoms with van der Waals surface area (Å²) in [5.41, 5.74) is 16.9. The van der Waals surface area contributed by atoms with E-state index in [1.54, 1.807) is 11.1 Å². The molecule has 2 fully saturated rings. The van der Waals surface area contributed by atoms with Gasteiger partial charge in [0.1, 0.15) is 0 Å². The Kier molecular flexibility index (Phi) is 3.27. The molecule has 0 amide bonds. The summed E-state index contributed by atoms with van der Waals surface area (Å²) < 4.78 is 0. The Morgan fingerprint density at radius 3 is 2.28 bits per heavy atom. The number of nitrogens with two attached hydrogens (primary N) is 1. The van der Waals surface area contributed by atoms with Gasteiger partial charge < -0.3 is 5.73 Å². The Morgan fingerprint density at radius 1 is 1.04 bits per heavy atom. The first-order chi connectivity index (χ1) is 11.8. The van der Waals surface area contributed by atoms with Crippen LogP contribution in [0.25, 0.3) is 0 Å². The summed E-state index contributed by atoms with van der Waals surface area (Å²) in [5.74, 6) is 0. The van der Waals surface area contributed by atoms with E-state index in [0.29, 0.717) is 0 Å². The van der Waals surface area contributed by atoms with E-state index in [-0.39, 0.29) is 16.2 Å². The maximum Gasteiger partial charge on any atom is 0.0331 e. The van der Waals surface area contributed by atoms with Crippen LogP contribution in [-0.2, 0) is 0 Å². The molecule has 0 aromatic carbocycles. The minimum Gasteiger partial charge on any atom is -0.401 e. The molecule has 2 saturated carbocycles. The lowest BCUT2D eigenvalue weighted by atomic mass is 9.72. The fraction of sp³-hybridized carbons (Fsp3) is 0.500. The molecule has 25 heavy (non-hydrogen) atoms. The highest BCUT2D eigenvalue weighted by Gasteiger charge is 2.64. The molecule has 0 aromatic heterocycles. The average Bonchev–Trinajstić information content (AvgIpc) is 2.89. The Morgan fingerprint density at radius 2 is 1.68 bits per heavy atom. The van der Waals surface area contributed by atoms with E-state index >= 15 is 0 Å². The Hall–Kier alpha value is -1.76. The van der Waals surface area contributed by atoms with Crippen molar-refractivity contribution in [3.63, 3.8) is 0 Å². The van der Waals surface area contributed by atoms with Crippen molar-refractivity contribution in [2.75, 3.05) is 0 Å². The third-order valence-corrected chi connectivity index (χ3v) is 7.57. The molecule has 3 atom stereocenters. The third kappa shape index (κ3) is 1.70. The molecule has 0 aromatic rings. The molecular weight excluding hydrogens is 302 g/mol. The summed E-state index contributed by atoms with van der Waals surface area (Å²) in [6.45, 7) is 13.8. The van der Waals surface area contributed by atoms with Crippen molar-refractivity contribution in [1.29, 1.82) is 0 Å². The quantitative estimate of drug-likeness (QED) is 0.613. The normalized spacial score (nSPS) is 42.4. The van der Waals surface area contributed by atoms with Gasteiger partial charge in [-0.1, -0.05) is 43.7 Å². The molecule has 0 radical (unpaired) electrons. The van der Waals surface area contributed by atoms with Crippen LogP contribution in [0, 0.1) is 16.2 Å². The highest BCUT2D eigenvalue weighted by atomic mass is 14.7. The molecule has 4 aliphatic carbocycles. The molecule has 0 aliphatic heterocycles. The highest BCUT2D eigenvalue weighted by Crippen LogP contribution is 2.74. The summed E-state index contributed by atoms with van der Waals surface area (Å²) in [7, 11) is 0. The van der Waals surface area contributed by atoms with E-state index in [0.717, 1.165) is 18.5 Å². The van der Waals surface area contributed by atoms with Crippen LogP contribution >= 0.6 is 0 Å². The number of hydrogen-bond donors (Lipinski definition) is 1. The molecular formula is C24H31N. The van der Waals surface area contributed by atoms with Crippen LogP contribution in [0.3, 0.4) is 0 Å². The van der Waals surface area contributed by atoms with Crippen molar-refractivity contribution in [1.82, 2.24) is 0 Å². The molecule has 4 rings (SSSR count). The molecule has 3 unspecified atom stereocenters. The van der Waals surface area contributed by atoms with Gasteiger partial charge in [0, 0.05) is 21.9 Å². The van der Waals surface area contributed by atoms with Crippen LogP contribution in [0.4, 0.5) is 0 Å². The molecule has 1 heteroatoms. The van der Waals surface area contributed by atoms with Gasteiger partial charge in [-0.15, -0.1) is 0 Å². The van der Waals surface area contributed by atoms with Gasteiger partial charge >= 0.3 is 0 Å². The lowest BCUT2D eigenvalue weighted by Gasteiger charge is -2.31. The van der Waals surface area contributed by atoms with Crippen LogP contribution in [0.15, 0.2) is 69.5 Å². The summed E-state index contributed by atoms with van der Waals surface area (Å²) >= 11 is 0. The van der Waals surface area contributed by atoms with E-state index in [9.17, 15) is 0 Å². The van der Waals surface area contributed by atoms with Gasteiger partial charge in [0.05, 0.1) is 0 Å². The molecule has 132 valence electrons. The molecule has 1 nitrogen and oxygen atoms in total. The lowest BCUT2D eigenvalue weighted by molar-refractivity contribution is 0.306. The monoisotopic (exact) mass is 333 g/mol. The molecule has 1 spiro atoms. The Balaban J connectivity index is 2.16. The van der Waals surface area contributed by atoms with Crippen LogP contribution in [0.2, 0.25) is 0 Å². The zero-order valence-corrected chi connectivity index (χ0v) is 16.6. The zero-order valence-electron chi connectivity index (χ0n) is 16.6. The van der Waals surface area contributed by atoms with Crippen molar-refractivity contribution in [3.05, 3.63) is 69.5 Å². The lowest BCUT2D eigenvalue weighted by Crippen LogP contribution is -2.25. The predicted molar refractivity (Wildman–Crippen MR) is 107 cm³/mol. The van der Waals surface area contributed by atoms with Crippen molar-refractivity contribution >= 4 is 0 Å². The van der Waals surface area contributed by atoms with Crippen molar-refractivity contribution in [2.45, 2.75) is 60.8 Å². The first-order valence-corrected chi connectivity index (χ1v) is 9.73. The molecule has 2 N–H and O–H groups in total. The molecule has 3 bridgehead atoms. The van der Waals surface area contributed by atoms with E-state index in [1.807, 2.05) is 0 Å². The predicted octanol–water partition coefficient (Wildman–Crippen LogP) is 6.13. The maximum absolute atomic E-state index is 6.62. The second kappa shape index (κ2) is 4.90. The van der Waals surface area contributed by atoms with E-state index in [1.165, 1.54) is 28.7 Å². The largest absolute Gasteiger partial charge is 0.401 e. The fourth-order valence-corrected chi connectivity index (χ4v) is 6.71. The highest BCUT2D eigenvalue weighted by molar-refractivity contribution is 5.70. The van der Waals surface area contributed by atoms with Gasteiger partial charge in [-0.2, -0.15) is 0 Å². The van der Waals surface area contributed by atoms with Gasteiger partial charge in [-0.3, -0.25) is 0 Å². The van der Waals surface area contributed by atoms with Gasteiger partial charge in [-0.25, -0.2) is 0 Å². The second-order valence-electron chi connectivity index (χ2n) is 8.79. The SMILES string of the molecule is CC=C1C2=CC=C(N)C3(C)CC24CC1(C)C(CC)=CC(C)=C4/C3=C\C. The molecule has 4 aliphatic rings. The van der Waals surface area contributed by atoms with Crippen LogP contribution in [0.1, 0.15) is 60.8 Å². The number of allylic oxidation sites excluding steroid dienone is 11. The summed E-state index contributed by atoms with van der Waals surface area (Å²) in [4.78, 5) is 0. The van der Waals surface area contributed by atoms with E-state index in [4.69, 9.17) is 5.73 Å².